The molecule has 2 aromatic heterocycles. The number of hydrogen-bond acceptors (Lipinski definition) is 0. The molecule has 0 aliphatic carbocycles. The van der Waals surface area contributed by atoms with Gasteiger partial charge < -0.3 is 33.9 Å². The third-order valence-electron chi connectivity index (χ3n) is 7.24. The molecular formula is C35H26Cl2N2Zr. The SMILES string of the molecule is Cc1cc2ccccc2n1-c1cc2ccccc2[cH-]1.[Cl-].[Cl-].[Zr+4].c1ccc2[cH-]c(-n3ccc4ccccc43)cc2c1. The summed E-state index contributed by atoms with van der Waals surface area (Å²) in [5.74, 6) is 0. The summed E-state index contributed by atoms with van der Waals surface area (Å²) in [5.41, 5.74) is 6.29. The minimum Gasteiger partial charge on any atom is -1.00 e. The van der Waals surface area contributed by atoms with Gasteiger partial charge in [0.05, 0.1) is 11.0 Å². The van der Waals surface area contributed by atoms with Gasteiger partial charge in [0.25, 0.3) is 0 Å². The number of halogens is 2. The Morgan fingerprint density at radius 1 is 0.500 bits per heavy atom. The second kappa shape index (κ2) is 12.4. The van der Waals surface area contributed by atoms with E-state index in [2.05, 4.69) is 156 Å². The molecule has 0 N–H and O–H groups in total. The molecule has 0 spiro atoms. The average molecular weight is 637 g/mol. The molecule has 2 heterocycles. The van der Waals surface area contributed by atoms with E-state index in [0.717, 1.165) is 0 Å². The molecule has 0 unspecified atom stereocenters. The summed E-state index contributed by atoms with van der Waals surface area (Å²) in [6.45, 7) is 2.16. The first-order chi connectivity index (χ1) is 18.2. The van der Waals surface area contributed by atoms with Crippen molar-refractivity contribution in [2.24, 2.45) is 0 Å². The van der Waals surface area contributed by atoms with Gasteiger partial charge in [-0.05, 0) is 48.0 Å². The van der Waals surface area contributed by atoms with E-state index in [4.69, 9.17) is 0 Å². The zero-order valence-electron chi connectivity index (χ0n) is 21.9. The van der Waals surface area contributed by atoms with E-state index in [0.29, 0.717) is 0 Å². The summed E-state index contributed by atoms with van der Waals surface area (Å²) in [7, 11) is 0. The number of benzene rings is 4. The maximum atomic E-state index is 2.33. The Labute approximate surface area is 265 Å². The third-order valence-corrected chi connectivity index (χ3v) is 7.24. The molecule has 8 rings (SSSR count). The minimum atomic E-state index is 0. The van der Waals surface area contributed by atoms with Crippen LogP contribution < -0.4 is 24.8 Å². The van der Waals surface area contributed by atoms with Crippen molar-refractivity contribution in [2.75, 3.05) is 0 Å². The van der Waals surface area contributed by atoms with Crippen LogP contribution in [0.3, 0.4) is 0 Å². The van der Waals surface area contributed by atoms with Crippen molar-refractivity contribution in [1.82, 2.24) is 9.13 Å². The van der Waals surface area contributed by atoms with Crippen molar-refractivity contribution in [2.45, 2.75) is 6.92 Å². The molecule has 0 aliphatic rings. The first kappa shape index (κ1) is 29.6. The fourth-order valence-corrected chi connectivity index (χ4v) is 5.48. The van der Waals surface area contributed by atoms with Crippen molar-refractivity contribution >= 4 is 43.4 Å². The third kappa shape index (κ3) is 5.35. The second-order valence-corrected chi connectivity index (χ2v) is 9.61. The number of aryl methyl sites for hydroxylation is 1. The van der Waals surface area contributed by atoms with E-state index in [1.807, 2.05) is 0 Å². The molecule has 2 nitrogen and oxygen atoms in total. The average Bonchev–Trinajstić information content (AvgIpc) is 3.70. The molecule has 0 aliphatic heterocycles. The van der Waals surface area contributed by atoms with E-state index < -0.39 is 0 Å². The molecule has 6 aromatic carbocycles. The van der Waals surface area contributed by atoms with Crippen LogP contribution in [0.25, 0.3) is 54.7 Å². The molecule has 0 saturated heterocycles. The largest absolute Gasteiger partial charge is 4.00 e. The quantitative estimate of drug-likeness (QED) is 0.258. The van der Waals surface area contributed by atoms with Gasteiger partial charge in [-0.15, -0.1) is 82.2 Å². The first-order valence-electron chi connectivity index (χ1n) is 12.7. The number of aromatic nitrogens is 2. The maximum Gasteiger partial charge on any atom is 4.00 e. The van der Waals surface area contributed by atoms with E-state index >= 15 is 0 Å². The maximum absolute atomic E-state index is 2.33. The van der Waals surface area contributed by atoms with Crippen molar-refractivity contribution in [3.8, 4) is 11.4 Å². The number of hydrogen-bond donors (Lipinski definition) is 0. The second-order valence-electron chi connectivity index (χ2n) is 9.61. The number of rotatable bonds is 2. The molecule has 194 valence electrons. The van der Waals surface area contributed by atoms with Gasteiger partial charge in [-0.2, -0.15) is 0 Å². The Bertz CT molecular complexity index is 1960. The van der Waals surface area contributed by atoms with Gasteiger partial charge in [-0.3, -0.25) is 0 Å². The van der Waals surface area contributed by atoms with Crippen LogP contribution in [0.2, 0.25) is 0 Å². The normalized spacial score (nSPS) is 10.5. The van der Waals surface area contributed by atoms with Crippen LogP contribution in [0.15, 0.2) is 140 Å². The van der Waals surface area contributed by atoms with Gasteiger partial charge in [-0.25, -0.2) is 0 Å². The Morgan fingerprint density at radius 3 is 1.65 bits per heavy atom. The van der Waals surface area contributed by atoms with E-state index in [9.17, 15) is 0 Å². The molecule has 0 amide bonds. The smallest absolute Gasteiger partial charge is 1.00 e. The van der Waals surface area contributed by atoms with Gasteiger partial charge in [0.15, 0.2) is 0 Å². The van der Waals surface area contributed by atoms with E-state index in [-0.39, 0.29) is 51.0 Å². The van der Waals surface area contributed by atoms with Gasteiger partial charge >= 0.3 is 26.2 Å². The molecule has 0 saturated carbocycles. The molecule has 5 heteroatoms. The van der Waals surface area contributed by atoms with Crippen LogP contribution in [0, 0.1) is 6.92 Å². The van der Waals surface area contributed by atoms with Crippen molar-refractivity contribution in [3.05, 3.63) is 145 Å². The number of fused-ring (bicyclic) bond motifs is 4. The molecular weight excluding hydrogens is 611 g/mol. The molecule has 0 radical (unpaired) electrons. The minimum absolute atomic E-state index is 0. The van der Waals surface area contributed by atoms with E-state index in [1.165, 1.54) is 60.4 Å². The first-order valence-corrected chi connectivity index (χ1v) is 12.7. The predicted octanol–water partition coefficient (Wildman–Crippen LogP) is 3.32. The standard InChI is InChI=1S/C18H14N.C17H12N.2ClH.Zr/c1-13-10-16-8-4-5-9-18(16)19(13)17-11-14-6-2-3-7-15(14)12-17;1-2-7-15-12-16(11-14(15)6-1)18-10-9-13-5-3-4-8-17(13)18;;;/h2-12H,1H3;1-12H;2*1H;/q2*-1;;;+4/p-2. The fraction of sp³-hybridized carbons (Fsp3) is 0.0286. The molecule has 0 atom stereocenters. The van der Waals surface area contributed by atoms with Crippen LogP contribution in [0.4, 0.5) is 0 Å². The Kier molecular flexibility index (Phi) is 9.21. The molecule has 8 aromatic rings. The summed E-state index contributed by atoms with van der Waals surface area (Å²) in [5, 5.41) is 7.77. The molecule has 40 heavy (non-hydrogen) atoms. The summed E-state index contributed by atoms with van der Waals surface area (Å²) in [6.07, 6.45) is 2.14. The van der Waals surface area contributed by atoms with Crippen LogP contribution >= 0.6 is 0 Å². The van der Waals surface area contributed by atoms with Gasteiger partial charge in [0.1, 0.15) is 0 Å². The van der Waals surface area contributed by atoms with Crippen molar-refractivity contribution in [3.63, 3.8) is 0 Å². The van der Waals surface area contributed by atoms with Crippen LogP contribution in [0.1, 0.15) is 5.69 Å². The number of para-hydroxylation sites is 2. The van der Waals surface area contributed by atoms with E-state index in [1.54, 1.807) is 0 Å². The zero-order valence-corrected chi connectivity index (χ0v) is 25.9. The Hall–Kier alpha value is -3.36. The topological polar surface area (TPSA) is 9.86 Å². The monoisotopic (exact) mass is 634 g/mol. The molecule has 0 fully saturated rings. The zero-order chi connectivity index (χ0) is 24.8. The summed E-state index contributed by atoms with van der Waals surface area (Å²) < 4.78 is 4.57. The van der Waals surface area contributed by atoms with Crippen molar-refractivity contribution in [1.29, 1.82) is 0 Å². The van der Waals surface area contributed by atoms with Gasteiger partial charge in [0.2, 0.25) is 0 Å². The fourth-order valence-electron chi connectivity index (χ4n) is 5.48. The summed E-state index contributed by atoms with van der Waals surface area (Å²) >= 11 is 0. The Morgan fingerprint density at radius 2 is 1.00 bits per heavy atom. The van der Waals surface area contributed by atoms with Crippen molar-refractivity contribution < 1.29 is 51.0 Å². The van der Waals surface area contributed by atoms with Gasteiger partial charge in [-0.1, -0.05) is 48.5 Å². The number of nitrogens with zero attached hydrogens (tertiary/aromatic N) is 2. The summed E-state index contributed by atoms with van der Waals surface area (Å²) in [6, 6.07) is 47.4. The summed E-state index contributed by atoms with van der Waals surface area (Å²) in [4.78, 5) is 0. The Balaban J connectivity index is 0.000000172. The predicted molar refractivity (Wildman–Crippen MR) is 157 cm³/mol. The van der Waals surface area contributed by atoms with Crippen LogP contribution in [-0.4, -0.2) is 9.13 Å². The van der Waals surface area contributed by atoms with Crippen LogP contribution in [-0.2, 0) is 26.2 Å². The van der Waals surface area contributed by atoms with Gasteiger partial charge in [0, 0.05) is 17.3 Å². The van der Waals surface area contributed by atoms with Crippen LogP contribution in [0.5, 0.6) is 0 Å². The molecule has 0 bridgehead atoms.